The first-order valence-electron chi connectivity index (χ1n) is 4.44. The van der Waals surface area contributed by atoms with Crippen LogP contribution < -0.4 is 5.73 Å². The van der Waals surface area contributed by atoms with Gasteiger partial charge >= 0.3 is 0 Å². The normalized spacial score (nSPS) is 12.4. The number of hydrogen-bond acceptors (Lipinski definition) is 1. The van der Waals surface area contributed by atoms with Crippen molar-refractivity contribution in [2.75, 3.05) is 0 Å². The molecule has 1 unspecified atom stereocenters. The summed E-state index contributed by atoms with van der Waals surface area (Å²) < 4.78 is 0. The molecule has 2 N–H and O–H groups in total. The lowest BCUT2D eigenvalue weighted by molar-refractivity contribution is 0.512. The van der Waals surface area contributed by atoms with Gasteiger partial charge in [-0.3, -0.25) is 0 Å². The second kappa shape index (κ2) is 5.25. The monoisotopic (exact) mass is 199 g/mol. The molecule has 1 rings (SSSR count). The Morgan fingerprint density at radius 3 is 2.15 bits per heavy atom. The molecule has 0 bridgehead atoms. The molecule has 0 aliphatic carbocycles. The molecular formula is C11H18ClN. The second-order valence-electron chi connectivity index (χ2n) is 3.63. The van der Waals surface area contributed by atoms with Crippen LogP contribution >= 0.6 is 12.4 Å². The van der Waals surface area contributed by atoms with Gasteiger partial charge in [-0.25, -0.2) is 0 Å². The fourth-order valence-electron chi connectivity index (χ4n) is 1.32. The number of rotatable bonds is 2. The largest absolute Gasteiger partial charge is 0.324 e. The lowest BCUT2D eigenvalue weighted by Crippen LogP contribution is -2.17. The van der Waals surface area contributed by atoms with Crippen molar-refractivity contribution >= 4 is 12.4 Å². The number of aryl methyl sites for hydroxylation is 1. The Balaban J connectivity index is 0.00000144. The summed E-state index contributed by atoms with van der Waals surface area (Å²) in [6.45, 7) is 6.41. The van der Waals surface area contributed by atoms with E-state index in [0.717, 1.165) is 0 Å². The van der Waals surface area contributed by atoms with Crippen LogP contribution in [0.4, 0.5) is 0 Å². The average molecular weight is 200 g/mol. The van der Waals surface area contributed by atoms with Gasteiger partial charge < -0.3 is 5.73 Å². The van der Waals surface area contributed by atoms with E-state index in [1.54, 1.807) is 0 Å². The van der Waals surface area contributed by atoms with E-state index in [9.17, 15) is 0 Å². The van der Waals surface area contributed by atoms with Crippen LogP contribution in [0.3, 0.4) is 0 Å². The molecular weight excluding hydrogens is 182 g/mol. The third kappa shape index (κ3) is 3.02. The summed E-state index contributed by atoms with van der Waals surface area (Å²) in [6.07, 6.45) is 0. The fraction of sp³-hybridized carbons (Fsp3) is 0.455. The van der Waals surface area contributed by atoms with E-state index in [1.165, 1.54) is 11.1 Å². The average Bonchev–Trinajstić information content (AvgIpc) is 2.04. The van der Waals surface area contributed by atoms with Crippen molar-refractivity contribution in [1.29, 1.82) is 0 Å². The SMILES string of the molecule is Cc1ccccc1C(N)C(C)C.Cl. The van der Waals surface area contributed by atoms with Gasteiger partial charge in [0, 0.05) is 6.04 Å². The molecule has 0 saturated carbocycles. The van der Waals surface area contributed by atoms with Crippen molar-refractivity contribution in [2.45, 2.75) is 26.8 Å². The molecule has 1 aromatic carbocycles. The molecule has 0 spiro atoms. The number of halogens is 1. The highest BCUT2D eigenvalue weighted by Crippen LogP contribution is 2.21. The predicted molar refractivity (Wildman–Crippen MR) is 60.2 cm³/mol. The summed E-state index contributed by atoms with van der Waals surface area (Å²) >= 11 is 0. The van der Waals surface area contributed by atoms with E-state index in [1.807, 2.05) is 12.1 Å². The van der Waals surface area contributed by atoms with Crippen molar-refractivity contribution in [3.63, 3.8) is 0 Å². The Morgan fingerprint density at radius 1 is 1.15 bits per heavy atom. The van der Waals surface area contributed by atoms with Crippen LogP contribution in [-0.2, 0) is 0 Å². The summed E-state index contributed by atoms with van der Waals surface area (Å²) in [5.74, 6) is 0.506. The molecule has 0 aliphatic heterocycles. The van der Waals surface area contributed by atoms with E-state index >= 15 is 0 Å². The van der Waals surface area contributed by atoms with Crippen molar-refractivity contribution in [1.82, 2.24) is 0 Å². The second-order valence-corrected chi connectivity index (χ2v) is 3.63. The number of benzene rings is 1. The van der Waals surface area contributed by atoms with Gasteiger partial charge in [0.2, 0.25) is 0 Å². The number of hydrogen-bond donors (Lipinski definition) is 1. The molecule has 1 aromatic rings. The lowest BCUT2D eigenvalue weighted by Gasteiger charge is -2.17. The van der Waals surface area contributed by atoms with Gasteiger partial charge in [-0.2, -0.15) is 0 Å². The minimum absolute atomic E-state index is 0. The van der Waals surface area contributed by atoms with Crippen LogP contribution in [-0.4, -0.2) is 0 Å². The van der Waals surface area contributed by atoms with Crippen molar-refractivity contribution in [3.8, 4) is 0 Å². The van der Waals surface area contributed by atoms with E-state index in [-0.39, 0.29) is 18.4 Å². The minimum atomic E-state index is 0. The maximum absolute atomic E-state index is 6.04. The van der Waals surface area contributed by atoms with Crippen LogP contribution in [0.25, 0.3) is 0 Å². The molecule has 0 aliphatic rings. The summed E-state index contributed by atoms with van der Waals surface area (Å²) in [5.41, 5.74) is 8.60. The molecule has 0 saturated heterocycles. The highest BCUT2D eigenvalue weighted by Gasteiger charge is 2.11. The van der Waals surface area contributed by atoms with Gasteiger partial charge in [-0.15, -0.1) is 12.4 Å². The maximum atomic E-state index is 6.04. The van der Waals surface area contributed by atoms with Crippen molar-refractivity contribution in [2.24, 2.45) is 11.7 Å². The van der Waals surface area contributed by atoms with Crippen LogP contribution in [0.15, 0.2) is 24.3 Å². The zero-order chi connectivity index (χ0) is 9.14. The highest BCUT2D eigenvalue weighted by molar-refractivity contribution is 5.85. The third-order valence-corrected chi connectivity index (χ3v) is 2.27. The van der Waals surface area contributed by atoms with E-state index in [4.69, 9.17) is 5.73 Å². The molecule has 0 amide bonds. The van der Waals surface area contributed by atoms with E-state index in [2.05, 4.69) is 32.9 Å². The number of nitrogens with two attached hydrogens (primary N) is 1. The first kappa shape index (κ1) is 12.5. The molecule has 0 aromatic heterocycles. The van der Waals surface area contributed by atoms with Crippen LogP contribution in [0.1, 0.15) is 31.0 Å². The Bertz CT molecular complexity index is 258. The zero-order valence-electron chi connectivity index (χ0n) is 8.45. The Labute approximate surface area is 86.7 Å². The Morgan fingerprint density at radius 2 is 1.69 bits per heavy atom. The molecule has 74 valence electrons. The minimum Gasteiger partial charge on any atom is -0.324 e. The molecule has 0 heterocycles. The molecule has 2 heteroatoms. The van der Waals surface area contributed by atoms with Gasteiger partial charge in [0.1, 0.15) is 0 Å². The standard InChI is InChI=1S/C11H17N.ClH/c1-8(2)11(12)10-7-5-4-6-9(10)3;/h4-8,11H,12H2,1-3H3;1H. The van der Waals surface area contributed by atoms with Gasteiger partial charge in [0.05, 0.1) is 0 Å². The summed E-state index contributed by atoms with van der Waals surface area (Å²) in [5, 5.41) is 0. The third-order valence-electron chi connectivity index (χ3n) is 2.27. The highest BCUT2D eigenvalue weighted by atomic mass is 35.5. The maximum Gasteiger partial charge on any atom is 0.0320 e. The first-order valence-corrected chi connectivity index (χ1v) is 4.44. The summed E-state index contributed by atoms with van der Waals surface area (Å²) in [7, 11) is 0. The lowest BCUT2D eigenvalue weighted by atomic mass is 9.94. The zero-order valence-corrected chi connectivity index (χ0v) is 9.27. The quantitative estimate of drug-likeness (QED) is 0.779. The molecule has 13 heavy (non-hydrogen) atoms. The van der Waals surface area contributed by atoms with Crippen LogP contribution in [0.2, 0.25) is 0 Å². The van der Waals surface area contributed by atoms with E-state index < -0.39 is 0 Å². The topological polar surface area (TPSA) is 26.0 Å². The summed E-state index contributed by atoms with van der Waals surface area (Å²) in [4.78, 5) is 0. The molecule has 1 nitrogen and oxygen atoms in total. The Hall–Kier alpha value is -0.530. The van der Waals surface area contributed by atoms with Crippen LogP contribution in [0, 0.1) is 12.8 Å². The molecule has 0 fully saturated rings. The van der Waals surface area contributed by atoms with Gasteiger partial charge in [0.25, 0.3) is 0 Å². The van der Waals surface area contributed by atoms with Gasteiger partial charge in [-0.1, -0.05) is 38.1 Å². The van der Waals surface area contributed by atoms with Gasteiger partial charge in [-0.05, 0) is 24.0 Å². The first-order chi connectivity index (χ1) is 5.63. The van der Waals surface area contributed by atoms with Gasteiger partial charge in [0.15, 0.2) is 0 Å². The predicted octanol–water partition coefficient (Wildman–Crippen LogP) is 3.07. The van der Waals surface area contributed by atoms with Crippen molar-refractivity contribution < 1.29 is 0 Å². The molecule has 1 atom stereocenters. The Kier molecular flexibility index (Phi) is 5.04. The smallest absolute Gasteiger partial charge is 0.0320 e. The fourth-order valence-corrected chi connectivity index (χ4v) is 1.32. The van der Waals surface area contributed by atoms with Crippen molar-refractivity contribution in [3.05, 3.63) is 35.4 Å². The summed E-state index contributed by atoms with van der Waals surface area (Å²) in [6, 6.07) is 8.49. The van der Waals surface area contributed by atoms with Crippen LogP contribution in [0.5, 0.6) is 0 Å². The molecule has 0 radical (unpaired) electrons. The van der Waals surface area contributed by atoms with E-state index in [0.29, 0.717) is 5.92 Å².